The lowest BCUT2D eigenvalue weighted by atomic mass is 10.0. The van der Waals surface area contributed by atoms with E-state index in [4.69, 9.17) is 5.11 Å². The van der Waals surface area contributed by atoms with Crippen LogP contribution in [0.3, 0.4) is 0 Å². The first-order valence-corrected chi connectivity index (χ1v) is 10.9. The summed E-state index contributed by atoms with van der Waals surface area (Å²) in [5, 5.41) is 8.72. The van der Waals surface area contributed by atoms with Gasteiger partial charge in [-0.25, -0.2) is 0 Å². The molecule has 0 fully saturated rings. The predicted molar refractivity (Wildman–Crippen MR) is 103 cm³/mol. The van der Waals surface area contributed by atoms with Crippen LogP contribution in [-0.2, 0) is 0 Å². The van der Waals surface area contributed by atoms with Crippen LogP contribution in [0.25, 0.3) is 0 Å². The van der Waals surface area contributed by atoms with Crippen LogP contribution in [0.2, 0.25) is 0 Å². The van der Waals surface area contributed by atoms with Crippen molar-refractivity contribution in [3.8, 4) is 0 Å². The van der Waals surface area contributed by atoms with Crippen LogP contribution < -0.4 is 0 Å². The summed E-state index contributed by atoms with van der Waals surface area (Å²) in [5.41, 5.74) is 0. The van der Waals surface area contributed by atoms with Crippen LogP contribution >= 0.6 is 31.9 Å². The van der Waals surface area contributed by atoms with Gasteiger partial charge in [0, 0.05) is 16.3 Å². The van der Waals surface area contributed by atoms with Crippen LogP contribution in [0.5, 0.6) is 0 Å². The van der Waals surface area contributed by atoms with Gasteiger partial charge in [-0.15, -0.1) is 0 Å². The van der Waals surface area contributed by atoms with Gasteiger partial charge in [-0.3, -0.25) is 0 Å². The van der Waals surface area contributed by atoms with E-state index in [2.05, 4.69) is 38.8 Å². The van der Waals surface area contributed by atoms with E-state index < -0.39 is 0 Å². The molecule has 0 saturated carbocycles. The molecule has 128 valence electrons. The van der Waals surface area contributed by atoms with Gasteiger partial charge in [0.25, 0.3) is 0 Å². The van der Waals surface area contributed by atoms with Crippen molar-refractivity contribution in [2.24, 2.45) is 0 Å². The molecule has 0 aliphatic rings. The van der Waals surface area contributed by atoms with Gasteiger partial charge in [0.1, 0.15) is 0 Å². The van der Waals surface area contributed by atoms with Gasteiger partial charge >= 0.3 is 0 Å². The number of unbranched alkanes of at least 4 members (excludes halogenated alkanes) is 10. The third kappa shape index (κ3) is 15.6. The van der Waals surface area contributed by atoms with E-state index in [9.17, 15) is 0 Å². The Balaban J connectivity index is 3.34. The molecule has 21 heavy (non-hydrogen) atoms. The molecule has 0 aliphatic carbocycles. The van der Waals surface area contributed by atoms with Gasteiger partial charge in [-0.05, 0) is 19.3 Å². The van der Waals surface area contributed by atoms with Crippen molar-refractivity contribution in [1.82, 2.24) is 0 Å². The summed E-state index contributed by atoms with van der Waals surface area (Å²) in [7, 11) is 0. The number of aliphatic hydroxyl groups is 1. The highest BCUT2D eigenvalue weighted by Gasteiger charge is 2.14. The van der Waals surface area contributed by atoms with Gasteiger partial charge in [-0.1, -0.05) is 109 Å². The summed E-state index contributed by atoms with van der Waals surface area (Å²) in [5.74, 6) is 0. The van der Waals surface area contributed by atoms with Crippen molar-refractivity contribution in [2.45, 2.75) is 106 Å². The molecule has 0 aliphatic heterocycles. The van der Waals surface area contributed by atoms with E-state index in [-0.39, 0.29) is 0 Å². The van der Waals surface area contributed by atoms with Crippen LogP contribution in [0.1, 0.15) is 96.8 Å². The second kappa shape index (κ2) is 17.3. The zero-order chi connectivity index (χ0) is 15.8. The smallest absolute Gasteiger partial charge is 0.0431 e. The maximum atomic E-state index is 8.72. The highest BCUT2D eigenvalue weighted by atomic mass is 79.9. The van der Waals surface area contributed by atoms with Crippen LogP contribution in [-0.4, -0.2) is 21.4 Å². The average molecular weight is 428 g/mol. The molecule has 0 heterocycles. The molecular weight excluding hydrogens is 392 g/mol. The summed E-state index contributed by atoms with van der Waals surface area (Å²) < 4.78 is 0. The number of hydrogen-bond donors (Lipinski definition) is 1. The lowest BCUT2D eigenvalue weighted by Gasteiger charge is -2.16. The maximum Gasteiger partial charge on any atom is 0.0431 e. The van der Waals surface area contributed by atoms with E-state index in [1.807, 2.05) is 0 Å². The van der Waals surface area contributed by atoms with E-state index >= 15 is 0 Å². The molecule has 0 aromatic rings. The van der Waals surface area contributed by atoms with E-state index in [1.54, 1.807) is 0 Å². The largest absolute Gasteiger partial charge is 0.396 e. The number of rotatable bonds is 16. The fraction of sp³-hybridized carbons (Fsp3) is 1.00. The highest BCUT2D eigenvalue weighted by molar-refractivity contribution is 9.12. The molecular formula is C18H36Br2O. The first-order chi connectivity index (χ1) is 10.2. The lowest BCUT2D eigenvalue weighted by molar-refractivity contribution is 0.282. The number of halogens is 2. The van der Waals surface area contributed by atoms with Crippen molar-refractivity contribution < 1.29 is 5.11 Å². The van der Waals surface area contributed by atoms with Crippen molar-refractivity contribution >= 4 is 31.9 Å². The van der Waals surface area contributed by atoms with Gasteiger partial charge in [-0.2, -0.15) is 0 Å². The third-order valence-corrected chi connectivity index (χ3v) is 7.02. The number of hydrogen-bond acceptors (Lipinski definition) is 1. The quantitative estimate of drug-likeness (QED) is 0.208. The lowest BCUT2D eigenvalue weighted by Crippen LogP contribution is -2.13. The fourth-order valence-electron chi connectivity index (χ4n) is 2.64. The molecule has 1 nitrogen and oxygen atoms in total. The summed E-state index contributed by atoms with van der Waals surface area (Å²) in [4.78, 5) is 1.27. The van der Waals surface area contributed by atoms with E-state index in [1.165, 1.54) is 83.5 Å². The topological polar surface area (TPSA) is 20.2 Å². The summed E-state index contributed by atoms with van der Waals surface area (Å²) in [6.45, 7) is 2.63. The minimum atomic E-state index is 0.354. The summed E-state index contributed by atoms with van der Waals surface area (Å²) in [6, 6.07) is 0. The van der Waals surface area contributed by atoms with E-state index in [0.717, 1.165) is 6.42 Å². The minimum Gasteiger partial charge on any atom is -0.396 e. The molecule has 0 radical (unpaired) electrons. The molecule has 3 heteroatoms. The predicted octanol–water partition coefficient (Wildman–Crippen LogP) is 6.99. The summed E-state index contributed by atoms with van der Waals surface area (Å²) in [6.07, 6.45) is 18.3. The minimum absolute atomic E-state index is 0.354. The number of alkyl halides is 2. The molecule has 0 bridgehead atoms. The van der Waals surface area contributed by atoms with Gasteiger partial charge in [0.05, 0.1) is 0 Å². The molecule has 0 aromatic heterocycles. The van der Waals surface area contributed by atoms with Crippen molar-refractivity contribution in [3.63, 3.8) is 0 Å². The van der Waals surface area contributed by atoms with Crippen molar-refractivity contribution in [1.29, 1.82) is 0 Å². The van der Waals surface area contributed by atoms with Gasteiger partial charge in [0.2, 0.25) is 0 Å². The second-order valence-electron chi connectivity index (χ2n) is 6.22. The van der Waals surface area contributed by atoms with Gasteiger partial charge < -0.3 is 5.11 Å². The Bertz CT molecular complexity index is 200. The standard InChI is InChI=1S/C18H36Br2O/c1-2-3-4-5-8-11-14-17(19)18(20)15-12-9-6-7-10-13-16-21/h17-18,21H,2-16H2,1H3. The Morgan fingerprint density at radius 2 is 1.00 bits per heavy atom. The molecule has 0 saturated heterocycles. The van der Waals surface area contributed by atoms with Crippen molar-refractivity contribution in [2.75, 3.05) is 6.61 Å². The third-order valence-electron chi connectivity index (χ3n) is 4.11. The first kappa shape index (κ1) is 21.9. The van der Waals surface area contributed by atoms with E-state index in [0.29, 0.717) is 16.3 Å². The first-order valence-electron chi connectivity index (χ1n) is 9.11. The summed E-state index contributed by atoms with van der Waals surface area (Å²) >= 11 is 7.71. The Hall–Kier alpha value is 0.920. The molecule has 2 unspecified atom stereocenters. The van der Waals surface area contributed by atoms with Crippen LogP contribution in [0, 0.1) is 0 Å². The second-order valence-corrected chi connectivity index (χ2v) is 8.57. The Morgan fingerprint density at radius 3 is 1.43 bits per heavy atom. The molecule has 1 N–H and O–H groups in total. The van der Waals surface area contributed by atoms with Crippen LogP contribution in [0.4, 0.5) is 0 Å². The Labute approximate surface area is 149 Å². The molecule has 0 amide bonds. The van der Waals surface area contributed by atoms with Crippen molar-refractivity contribution in [3.05, 3.63) is 0 Å². The fourth-order valence-corrected chi connectivity index (χ4v) is 3.82. The SMILES string of the molecule is CCCCCCCCC(Br)C(Br)CCCCCCCCO. The number of aliphatic hydroxyl groups excluding tert-OH is 1. The monoisotopic (exact) mass is 426 g/mol. The average Bonchev–Trinajstić information content (AvgIpc) is 2.49. The van der Waals surface area contributed by atoms with Crippen LogP contribution in [0.15, 0.2) is 0 Å². The maximum absolute atomic E-state index is 8.72. The molecule has 2 atom stereocenters. The Kier molecular flexibility index (Phi) is 18.0. The molecule has 0 aromatic carbocycles. The van der Waals surface area contributed by atoms with Gasteiger partial charge in [0.15, 0.2) is 0 Å². The molecule has 0 spiro atoms. The highest BCUT2D eigenvalue weighted by Crippen LogP contribution is 2.25. The normalized spacial score (nSPS) is 14.3. The molecule has 0 rings (SSSR count). The zero-order valence-corrected chi connectivity index (χ0v) is 17.1. The Morgan fingerprint density at radius 1 is 0.619 bits per heavy atom. The zero-order valence-electron chi connectivity index (χ0n) is 14.0.